The van der Waals surface area contributed by atoms with Gasteiger partial charge in [0.05, 0.1) is 11.1 Å². The third-order valence-electron chi connectivity index (χ3n) is 3.91. The fourth-order valence-electron chi connectivity index (χ4n) is 2.72. The summed E-state index contributed by atoms with van der Waals surface area (Å²) in [5.74, 6) is -1.92. The second kappa shape index (κ2) is 6.63. The molecule has 0 spiro atoms. The smallest absolute Gasteiger partial charge is 0.416 e. The lowest BCUT2D eigenvalue weighted by atomic mass is 9.93. The SMILES string of the molecule is O=C(O)c1ccccc1-c1cc(-c2ccccc2F)cc(C(F)(F)F)c1. The van der Waals surface area contributed by atoms with E-state index in [2.05, 4.69) is 0 Å². The number of hydrogen-bond acceptors (Lipinski definition) is 1. The van der Waals surface area contributed by atoms with Gasteiger partial charge in [0.15, 0.2) is 0 Å². The van der Waals surface area contributed by atoms with Crippen molar-refractivity contribution < 1.29 is 27.5 Å². The second-order valence-corrected chi connectivity index (χ2v) is 5.63. The number of carbonyl (C=O) groups is 1. The van der Waals surface area contributed by atoms with Crippen molar-refractivity contribution in [2.75, 3.05) is 0 Å². The molecule has 0 heterocycles. The number of carboxylic acids is 1. The average Bonchev–Trinajstić information content (AvgIpc) is 2.61. The third kappa shape index (κ3) is 3.44. The van der Waals surface area contributed by atoms with Gasteiger partial charge >= 0.3 is 12.1 Å². The Morgan fingerprint density at radius 3 is 1.92 bits per heavy atom. The second-order valence-electron chi connectivity index (χ2n) is 5.63. The van der Waals surface area contributed by atoms with Crippen LogP contribution < -0.4 is 0 Å². The first-order chi connectivity index (χ1) is 12.3. The zero-order chi connectivity index (χ0) is 18.9. The number of hydrogen-bond donors (Lipinski definition) is 1. The van der Waals surface area contributed by atoms with Gasteiger partial charge in [0, 0.05) is 5.56 Å². The molecule has 3 aromatic rings. The third-order valence-corrected chi connectivity index (χ3v) is 3.91. The Hall–Kier alpha value is -3.15. The van der Waals surface area contributed by atoms with Gasteiger partial charge in [-0.15, -0.1) is 0 Å². The molecule has 6 heteroatoms. The molecule has 0 aromatic heterocycles. The van der Waals surface area contributed by atoms with E-state index in [0.29, 0.717) is 0 Å². The van der Waals surface area contributed by atoms with Crippen LogP contribution in [0.15, 0.2) is 66.7 Å². The summed E-state index contributed by atoms with van der Waals surface area (Å²) in [6.45, 7) is 0. The van der Waals surface area contributed by atoms with Crippen LogP contribution in [0.5, 0.6) is 0 Å². The highest BCUT2D eigenvalue weighted by atomic mass is 19.4. The predicted molar refractivity (Wildman–Crippen MR) is 89.2 cm³/mol. The molecule has 0 radical (unpaired) electrons. The lowest BCUT2D eigenvalue weighted by molar-refractivity contribution is -0.137. The highest BCUT2D eigenvalue weighted by Crippen LogP contribution is 2.37. The van der Waals surface area contributed by atoms with E-state index in [4.69, 9.17) is 0 Å². The van der Waals surface area contributed by atoms with Crippen LogP contribution in [-0.2, 0) is 6.18 Å². The average molecular weight is 360 g/mol. The summed E-state index contributed by atoms with van der Waals surface area (Å²) < 4.78 is 54.1. The van der Waals surface area contributed by atoms with Crippen LogP contribution in [0.1, 0.15) is 15.9 Å². The van der Waals surface area contributed by atoms with Gasteiger partial charge in [-0.2, -0.15) is 13.2 Å². The summed E-state index contributed by atoms with van der Waals surface area (Å²) in [6.07, 6.45) is -4.66. The first-order valence-electron chi connectivity index (χ1n) is 7.57. The summed E-state index contributed by atoms with van der Waals surface area (Å²) in [5.41, 5.74) is -0.903. The standard InChI is InChI=1S/C20H12F4O2/c21-18-8-4-3-6-16(18)13-9-12(10-14(11-13)20(22,23)24)15-5-1-2-7-17(15)19(25)26/h1-11H,(H,25,26). The first-order valence-corrected chi connectivity index (χ1v) is 7.57. The molecule has 3 rings (SSSR count). The molecule has 0 aliphatic rings. The monoisotopic (exact) mass is 360 g/mol. The Labute approximate surface area is 146 Å². The minimum absolute atomic E-state index is 0.00709. The van der Waals surface area contributed by atoms with Gasteiger partial charge in [0.1, 0.15) is 5.82 Å². The van der Waals surface area contributed by atoms with E-state index in [-0.39, 0.29) is 27.8 Å². The van der Waals surface area contributed by atoms with Gasteiger partial charge in [-0.05, 0) is 47.0 Å². The number of rotatable bonds is 3. The molecule has 0 saturated heterocycles. The normalized spacial score (nSPS) is 11.4. The maximum Gasteiger partial charge on any atom is 0.416 e. The van der Waals surface area contributed by atoms with Gasteiger partial charge in [0.25, 0.3) is 0 Å². The van der Waals surface area contributed by atoms with E-state index in [9.17, 15) is 27.5 Å². The van der Waals surface area contributed by atoms with Crippen LogP contribution in [0.3, 0.4) is 0 Å². The Bertz CT molecular complexity index is 978. The van der Waals surface area contributed by atoms with Crippen LogP contribution in [0.4, 0.5) is 17.6 Å². The fraction of sp³-hybridized carbons (Fsp3) is 0.0500. The van der Waals surface area contributed by atoms with Gasteiger partial charge in [-0.3, -0.25) is 0 Å². The summed E-state index contributed by atoms with van der Waals surface area (Å²) >= 11 is 0. The zero-order valence-corrected chi connectivity index (χ0v) is 13.2. The molecule has 132 valence electrons. The minimum Gasteiger partial charge on any atom is -0.478 e. The topological polar surface area (TPSA) is 37.3 Å². The molecule has 0 aliphatic carbocycles. The minimum atomic E-state index is -4.66. The van der Waals surface area contributed by atoms with E-state index in [1.807, 2.05) is 0 Å². The highest BCUT2D eigenvalue weighted by molar-refractivity contribution is 5.96. The summed E-state index contributed by atoms with van der Waals surface area (Å²) in [5, 5.41) is 9.30. The summed E-state index contributed by atoms with van der Waals surface area (Å²) in [7, 11) is 0. The van der Waals surface area contributed by atoms with Gasteiger partial charge in [0.2, 0.25) is 0 Å². The van der Waals surface area contributed by atoms with E-state index in [1.54, 1.807) is 0 Å². The van der Waals surface area contributed by atoms with Crippen molar-refractivity contribution in [3.8, 4) is 22.3 Å². The molecule has 0 unspecified atom stereocenters. The zero-order valence-electron chi connectivity index (χ0n) is 13.2. The Balaban J connectivity index is 2.29. The predicted octanol–water partition coefficient (Wildman–Crippen LogP) is 5.88. The van der Waals surface area contributed by atoms with Crippen LogP contribution in [0.25, 0.3) is 22.3 Å². The molecular weight excluding hydrogens is 348 g/mol. The number of carboxylic acid groups (broad SMARTS) is 1. The molecule has 0 saturated carbocycles. The van der Waals surface area contributed by atoms with Crippen LogP contribution in [0.2, 0.25) is 0 Å². The molecule has 0 bridgehead atoms. The van der Waals surface area contributed by atoms with Crippen molar-refractivity contribution in [1.82, 2.24) is 0 Å². The van der Waals surface area contributed by atoms with Crippen molar-refractivity contribution in [2.45, 2.75) is 6.18 Å². The van der Waals surface area contributed by atoms with Gasteiger partial charge < -0.3 is 5.11 Å². The van der Waals surface area contributed by atoms with E-state index >= 15 is 0 Å². The van der Waals surface area contributed by atoms with Crippen LogP contribution >= 0.6 is 0 Å². The quantitative estimate of drug-likeness (QED) is 0.593. The van der Waals surface area contributed by atoms with Crippen LogP contribution in [-0.4, -0.2) is 11.1 Å². The molecule has 3 aromatic carbocycles. The first kappa shape index (κ1) is 17.7. The lowest BCUT2D eigenvalue weighted by Crippen LogP contribution is -2.06. The van der Waals surface area contributed by atoms with Crippen molar-refractivity contribution in [3.63, 3.8) is 0 Å². The number of benzene rings is 3. The maximum atomic E-state index is 14.1. The number of alkyl halides is 3. The molecule has 0 aliphatic heterocycles. The number of halogens is 4. The maximum absolute atomic E-state index is 14.1. The van der Waals surface area contributed by atoms with E-state index in [1.165, 1.54) is 48.5 Å². The molecule has 1 N–H and O–H groups in total. The van der Waals surface area contributed by atoms with E-state index in [0.717, 1.165) is 18.2 Å². The van der Waals surface area contributed by atoms with Crippen molar-refractivity contribution >= 4 is 5.97 Å². The van der Waals surface area contributed by atoms with Gasteiger partial charge in [-0.1, -0.05) is 36.4 Å². The summed E-state index contributed by atoms with van der Waals surface area (Å²) in [6, 6.07) is 14.3. The number of aromatic carboxylic acids is 1. The molecule has 0 atom stereocenters. The Morgan fingerprint density at radius 1 is 0.808 bits per heavy atom. The highest BCUT2D eigenvalue weighted by Gasteiger charge is 2.32. The van der Waals surface area contributed by atoms with E-state index < -0.39 is 23.5 Å². The molecule has 0 fully saturated rings. The van der Waals surface area contributed by atoms with Crippen molar-refractivity contribution in [1.29, 1.82) is 0 Å². The fourth-order valence-corrected chi connectivity index (χ4v) is 2.72. The largest absolute Gasteiger partial charge is 0.478 e. The summed E-state index contributed by atoms with van der Waals surface area (Å²) in [4.78, 5) is 11.4. The molecular formula is C20H12F4O2. The Morgan fingerprint density at radius 2 is 1.35 bits per heavy atom. The van der Waals surface area contributed by atoms with Crippen LogP contribution in [0, 0.1) is 5.82 Å². The van der Waals surface area contributed by atoms with Crippen molar-refractivity contribution in [3.05, 3.63) is 83.7 Å². The molecule has 0 amide bonds. The molecule has 2 nitrogen and oxygen atoms in total. The lowest BCUT2D eigenvalue weighted by Gasteiger charge is -2.14. The Kier molecular flexibility index (Phi) is 4.50. The molecule has 26 heavy (non-hydrogen) atoms. The van der Waals surface area contributed by atoms with Gasteiger partial charge in [-0.25, -0.2) is 9.18 Å². The van der Waals surface area contributed by atoms with Crippen molar-refractivity contribution in [2.24, 2.45) is 0 Å².